The van der Waals surface area contributed by atoms with E-state index in [-0.39, 0.29) is 5.91 Å². The molecule has 0 fully saturated rings. The van der Waals surface area contributed by atoms with Crippen LogP contribution in [0, 0.1) is 6.92 Å². The second-order valence-corrected chi connectivity index (χ2v) is 5.91. The van der Waals surface area contributed by atoms with Gasteiger partial charge in [0.25, 0.3) is 0 Å². The minimum atomic E-state index is -0.0655. The maximum atomic E-state index is 11.7. The predicted octanol–water partition coefficient (Wildman–Crippen LogP) is 1.83. The zero-order valence-electron chi connectivity index (χ0n) is 14.2. The van der Waals surface area contributed by atoms with Gasteiger partial charge in [-0.25, -0.2) is 15.0 Å². The molecule has 1 amide bonds. The highest BCUT2D eigenvalue weighted by Crippen LogP contribution is 2.33. The average molecular weight is 312 g/mol. The Hall–Kier alpha value is -2.70. The molecular formula is C16H20N6O. The average Bonchev–Trinajstić information content (AvgIpc) is 3.02. The molecule has 0 unspecified atom stereocenters. The molecule has 0 N–H and O–H groups in total. The van der Waals surface area contributed by atoms with Gasteiger partial charge in [-0.15, -0.1) is 0 Å². The van der Waals surface area contributed by atoms with Crippen LogP contribution in [0.4, 0.5) is 11.9 Å². The standard InChI is InChI=1S/C16H20N6O/c1-9-7-8-11-13(18-15(17-11)20(3)4)14-12(9)19-16(22(14)6)21(5)10(2)23/h7-8H,1-6H3. The molecule has 120 valence electrons. The molecule has 1 aliphatic carbocycles. The van der Waals surface area contributed by atoms with Crippen LogP contribution in [0.3, 0.4) is 0 Å². The minimum absolute atomic E-state index is 0.0655. The van der Waals surface area contributed by atoms with Gasteiger partial charge in [-0.2, -0.15) is 0 Å². The molecule has 0 saturated heterocycles. The van der Waals surface area contributed by atoms with E-state index in [0.717, 1.165) is 28.0 Å². The van der Waals surface area contributed by atoms with Gasteiger partial charge in [-0.3, -0.25) is 9.69 Å². The van der Waals surface area contributed by atoms with Crippen molar-refractivity contribution in [2.24, 2.45) is 7.05 Å². The Kier molecular flexibility index (Phi) is 3.43. The zero-order valence-corrected chi connectivity index (χ0v) is 14.2. The Morgan fingerprint density at radius 3 is 2.43 bits per heavy atom. The molecule has 7 nitrogen and oxygen atoms in total. The molecule has 1 aromatic rings. The summed E-state index contributed by atoms with van der Waals surface area (Å²) in [6.45, 7) is 3.52. The second kappa shape index (κ2) is 5.19. The van der Waals surface area contributed by atoms with Gasteiger partial charge in [0, 0.05) is 35.1 Å². The van der Waals surface area contributed by atoms with E-state index in [1.54, 1.807) is 7.05 Å². The van der Waals surface area contributed by atoms with Gasteiger partial charge in [0.15, 0.2) is 0 Å². The fourth-order valence-corrected chi connectivity index (χ4v) is 2.59. The summed E-state index contributed by atoms with van der Waals surface area (Å²) in [7, 11) is 7.44. The van der Waals surface area contributed by atoms with Crippen LogP contribution < -0.4 is 9.80 Å². The number of aryl methyl sites for hydroxylation is 2. The van der Waals surface area contributed by atoms with E-state index in [1.165, 1.54) is 11.8 Å². The Morgan fingerprint density at radius 2 is 1.83 bits per heavy atom. The largest absolute Gasteiger partial charge is 0.347 e. The van der Waals surface area contributed by atoms with Crippen LogP contribution in [0.25, 0.3) is 22.4 Å². The first-order valence-corrected chi connectivity index (χ1v) is 7.36. The summed E-state index contributed by atoms with van der Waals surface area (Å²) < 4.78 is 1.90. The lowest BCUT2D eigenvalue weighted by Gasteiger charge is -2.13. The fraction of sp³-hybridized carbons (Fsp3) is 0.375. The smallest absolute Gasteiger partial charge is 0.226 e. The van der Waals surface area contributed by atoms with E-state index < -0.39 is 0 Å². The number of fused-ring (bicyclic) bond motifs is 3. The van der Waals surface area contributed by atoms with Crippen molar-refractivity contribution < 1.29 is 4.79 Å². The number of rotatable bonds is 2. The first-order chi connectivity index (χ1) is 10.8. The van der Waals surface area contributed by atoms with E-state index in [1.807, 2.05) is 49.7 Å². The molecule has 0 radical (unpaired) electrons. The summed E-state index contributed by atoms with van der Waals surface area (Å²) >= 11 is 0. The Bertz CT molecular complexity index is 882. The predicted molar refractivity (Wildman–Crippen MR) is 91.1 cm³/mol. The molecule has 0 saturated carbocycles. The topological polar surface area (TPSA) is 67.2 Å². The first kappa shape index (κ1) is 15.2. The van der Waals surface area contributed by atoms with Crippen molar-refractivity contribution in [3.8, 4) is 11.4 Å². The van der Waals surface area contributed by atoms with Crippen molar-refractivity contribution in [2.45, 2.75) is 13.8 Å². The second-order valence-electron chi connectivity index (χ2n) is 5.91. The maximum absolute atomic E-state index is 11.7. The van der Waals surface area contributed by atoms with Gasteiger partial charge >= 0.3 is 0 Å². The van der Waals surface area contributed by atoms with Gasteiger partial charge in [0.2, 0.25) is 17.8 Å². The van der Waals surface area contributed by atoms with E-state index in [2.05, 4.69) is 15.0 Å². The summed E-state index contributed by atoms with van der Waals surface area (Å²) in [6, 6.07) is 3.95. The molecule has 1 aromatic heterocycles. The van der Waals surface area contributed by atoms with Crippen LogP contribution in [0.15, 0.2) is 12.1 Å². The van der Waals surface area contributed by atoms with E-state index in [0.29, 0.717) is 11.9 Å². The molecule has 0 spiro atoms. The number of imidazole rings is 2. The van der Waals surface area contributed by atoms with Crippen LogP contribution in [0.5, 0.6) is 0 Å². The first-order valence-electron chi connectivity index (χ1n) is 7.36. The highest BCUT2D eigenvalue weighted by molar-refractivity contribution is 5.96. The summed E-state index contributed by atoms with van der Waals surface area (Å²) in [5.74, 6) is 1.19. The summed E-state index contributed by atoms with van der Waals surface area (Å²) in [6.07, 6.45) is 0. The maximum Gasteiger partial charge on any atom is 0.226 e. The Labute approximate surface area is 134 Å². The number of hydrogen-bond donors (Lipinski definition) is 0. The lowest BCUT2D eigenvalue weighted by molar-refractivity contribution is -0.116. The third kappa shape index (κ3) is 2.28. The number of carbonyl (C=O) groups excluding carboxylic acids is 1. The number of anilines is 2. The van der Waals surface area contributed by atoms with Crippen molar-refractivity contribution in [2.75, 3.05) is 30.9 Å². The fourth-order valence-electron chi connectivity index (χ4n) is 2.59. The van der Waals surface area contributed by atoms with Gasteiger partial charge in [-0.05, 0) is 18.6 Å². The van der Waals surface area contributed by atoms with Crippen LogP contribution in [0.2, 0.25) is 0 Å². The zero-order chi connectivity index (χ0) is 16.9. The van der Waals surface area contributed by atoms with E-state index in [9.17, 15) is 4.79 Å². The lowest BCUT2D eigenvalue weighted by Crippen LogP contribution is -2.25. The minimum Gasteiger partial charge on any atom is -0.347 e. The van der Waals surface area contributed by atoms with Crippen LogP contribution in [-0.2, 0) is 11.8 Å². The number of nitrogens with zero attached hydrogens (tertiary/aromatic N) is 6. The number of hydrogen-bond acceptors (Lipinski definition) is 5. The Morgan fingerprint density at radius 1 is 1.13 bits per heavy atom. The van der Waals surface area contributed by atoms with Crippen molar-refractivity contribution >= 4 is 28.8 Å². The highest BCUT2D eigenvalue weighted by atomic mass is 16.2. The van der Waals surface area contributed by atoms with E-state index in [4.69, 9.17) is 0 Å². The highest BCUT2D eigenvalue weighted by Gasteiger charge is 2.22. The molecule has 0 atom stereocenters. The van der Waals surface area contributed by atoms with Crippen molar-refractivity contribution in [1.82, 2.24) is 19.5 Å². The number of aromatic nitrogens is 4. The van der Waals surface area contributed by atoms with Gasteiger partial charge < -0.3 is 9.47 Å². The molecule has 2 heterocycles. The molecule has 23 heavy (non-hydrogen) atoms. The summed E-state index contributed by atoms with van der Waals surface area (Å²) in [5, 5.41) is 0. The van der Waals surface area contributed by atoms with Crippen molar-refractivity contribution in [3.05, 3.63) is 17.7 Å². The molecule has 7 heteroatoms. The normalized spacial score (nSPS) is 11.2. The summed E-state index contributed by atoms with van der Waals surface area (Å²) in [5.41, 5.74) is 4.33. The SMILES string of the molecule is CC(=O)N(C)c1nc2c(C)ccc3nc(N(C)C)nc-3c2n1C. The van der Waals surface area contributed by atoms with Gasteiger partial charge in [-0.1, -0.05) is 6.07 Å². The van der Waals surface area contributed by atoms with Crippen molar-refractivity contribution in [3.63, 3.8) is 0 Å². The molecule has 3 rings (SSSR count). The third-order valence-corrected chi connectivity index (χ3v) is 4.01. The molecule has 1 aliphatic heterocycles. The van der Waals surface area contributed by atoms with Gasteiger partial charge in [0.05, 0.1) is 16.7 Å². The van der Waals surface area contributed by atoms with Gasteiger partial charge in [0.1, 0.15) is 5.69 Å². The number of carbonyl (C=O) groups is 1. The molecular weight excluding hydrogens is 292 g/mol. The third-order valence-electron chi connectivity index (χ3n) is 4.01. The van der Waals surface area contributed by atoms with Crippen LogP contribution in [0.1, 0.15) is 12.5 Å². The number of amides is 1. The van der Waals surface area contributed by atoms with Crippen LogP contribution >= 0.6 is 0 Å². The summed E-state index contributed by atoms with van der Waals surface area (Å²) in [4.78, 5) is 29.0. The van der Waals surface area contributed by atoms with Crippen molar-refractivity contribution in [1.29, 1.82) is 0 Å². The molecule has 0 aromatic carbocycles. The molecule has 2 aliphatic rings. The lowest BCUT2D eigenvalue weighted by atomic mass is 10.2. The monoisotopic (exact) mass is 312 g/mol. The molecule has 0 bridgehead atoms. The van der Waals surface area contributed by atoms with Crippen LogP contribution in [-0.4, -0.2) is 46.6 Å². The van der Waals surface area contributed by atoms with E-state index >= 15 is 0 Å². The quantitative estimate of drug-likeness (QED) is 0.722. The Balaban J connectivity index is 2.40.